The molecule has 1 aliphatic carbocycles. The lowest BCUT2D eigenvalue weighted by Gasteiger charge is -2.40. The van der Waals surface area contributed by atoms with Gasteiger partial charge in [-0.05, 0) is 68.8 Å². The Hall–Kier alpha value is -2.86. The zero-order valence-corrected chi connectivity index (χ0v) is 18.0. The molecule has 1 aliphatic heterocycles. The third-order valence-electron chi connectivity index (χ3n) is 6.55. The van der Waals surface area contributed by atoms with Crippen LogP contribution in [0.5, 0.6) is 11.5 Å². The Kier molecular flexibility index (Phi) is 5.52. The van der Waals surface area contributed by atoms with E-state index in [4.69, 9.17) is 14.2 Å². The highest BCUT2D eigenvalue weighted by Gasteiger charge is 2.48. The minimum Gasteiger partial charge on any atom is -0.493 e. The van der Waals surface area contributed by atoms with Gasteiger partial charge in [-0.25, -0.2) is 4.79 Å². The number of fused-ring (bicyclic) bond motifs is 1. The van der Waals surface area contributed by atoms with E-state index in [-0.39, 0.29) is 17.4 Å². The number of hydrogen-bond donors (Lipinski definition) is 0. The summed E-state index contributed by atoms with van der Waals surface area (Å²) in [5.74, 6) is 1.86. The summed E-state index contributed by atoms with van der Waals surface area (Å²) in [7, 11) is 5.44. The van der Waals surface area contributed by atoms with Crippen molar-refractivity contribution in [2.24, 2.45) is 0 Å². The fraction of sp³-hybridized carbons (Fsp3) is 0.417. The first kappa shape index (κ1) is 20.4. The van der Waals surface area contributed by atoms with Gasteiger partial charge in [0.05, 0.1) is 19.8 Å². The number of aryl methyl sites for hydroxylation is 1. The molecule has 1 aromatic carbocycles. The van der Waals surface area contributed by atoms with Gasteiger partial charge in [-0.1, -0.05) is 6.07 Å². The first-order valence-electron chi connectivity index (χ1n) is 10.2. The average Bonchev–Trinajstić information content (AvgIpc) is 3.10. The predicted octanol–water partition coefficient (Wildman–Crippen LogP) is 3.88. The zero-order chi connectivity index (χ0) is 21.3. The van der Waals surface area contributed by atoms with Crippen molar-refractivity contribution in [2.75, 3.05) is 27.8 Å². The second-order valence-electron chi connectivity index (χ2n) is 8.11. The highest BCUT2D eigenvalue weighted by molar-refractivity contribution is 5.91. The molecule has 6 nitrogen and oxygen atoms in total. The van der Waals surface area contributed by atoms with Crippen LogP contribution < -0.4 is 9.47 Å². The maximum atomic E-state index is 12.7. The van der Waals surface area contributed by atoms with Crippen LogP contribution in [-0.2, 0) is 10.2 Å². The Balaban J connectivity index is 1.63. The molecule has 2 heterocycles. The smallest absolute Gasteiger partial charge is 0.345 e. The maximum Gasteiger partial charge on any atom is 0.345 e. The molecule has 0 N–H and O–H groups in total. The molecule has 2 aliphatic rings. The molecular formula is C24H28N2O4. The number of methoxy groups -OCH3 is 2. The van der Waals surface area contributed by atoms with Gasteiger partial charge in [-0.2, -0.15) is 0 Å². The predicted molar refractivity (Wildman–Crippen MR) is 114 cm³/mol. The molecule has 0 bridgehead atoms. The fourth-order valence-electron chi connectivity index (χ4n) is 4.79. The second-order valence-corrected chi connectivity index (χ2v) is 8.11. The SMILES string of the molecule is COc1ccc(C23CCC(OC(=O)c4cnccc4C)=CC2N(C)CC3)cc1OC. The van der Waals surface area contributed by atoms with Crippen molar-refractivity contribution in [3.8, 4) is 11.5 Å². The summed E-state index contributed by atoms with van der Waals surface area (Å²) in [5, 5.41) is 0. The van der Waals surface area contributed by atoms with E-state index in [0.717, 1.165) is 42.2 Å². The van der Waals surface area contributed by atoms with Crippen LogP contribution in [0.2, 0.25) is 0 Å². The Morgan fingerprint density at radius 2 is 1.97 bits per heavy atom. The lowest BCUT2D eigenvalue weighted by atomic mass is 9.68. The molecule has 2 aromatic rings. The number of benzene rings is 1. The van der Waals surface area contributed by atoms with Gasteiger partial charge in [0.15, 0.2) is 11.5 Å². The van der Waals surface area contributed by atoms with Crippen LogP contribution in [-0.4, -0.2) is 49.7 Å². The first-order chi connectivity index (χ1) is 14.5. The minimum atomic E-state index is -0.342. The van der Waals surface area contributed by atoms with Crippen molar-refractivity contribution < 1.29 is 19.0 Å². The normalized spacial score (nSPS) is 23.5. The van der Waals surface area contributed by atoms with E-state index in [1.807, 2.05) is 19.1 Å². The van der Waals surface area contributed by atoms with Crippen molar-refractivity contribution in [3.63, 3.8) is 0 Å². The van der Waals surface area contributed by atoms with E-state index in [0.29, 0.717) is 12.0 Å². The number of nitrogens with zero attached hydrogens (tertiary/aromatic N) is 2. The Labute approximate surface area is 177 Å². The second kappa shape index (κ2) is 8.11. The molecule has 0 amide bonds. The molecule has 0 radical (unpaired) electrons. The molecule has 2 atom stereocenters. The van der Waals surface area contributed by atoms with Gasteiger partial charge in [-0.15, -0.1) is 0 Å². The number of aromatic nitrogens is 1. The Morgan fingerprint density at radius 1 is 1.17 bits per heavy atom. The van der Waals surface area contributed by atoms with Gasteiger partial charge in [-0.3, -0.25) is 9.88 Å². The van der Waals surface area contributed by atoms with Gasteiger partial charge in [0.1, 0.15) is 5.76 Å². The maximum absolute atomic E-state index is 12.7. The molecule has 1 fully saturated rings. The monoisotopic (exact) mass is 408 g/mol. The van der Waals surface area contributed by atoms with Crippen LogP contribution in [0.25, 0.3) is 0 Å². The number of pyridine rings is 1. The number of ether oxygens (including phenoxy) is 3. The standard InChI is InChI=1S/C24H28N2O4/c1-16-8-11-25-15-19(16)23(27)30-18-7-9-24(10-12-26(2)22(24)14-18)17-5-6-20(28-3)21(13-17)29-4/h5-6,8,11,13-15,22H,7,9-10,12H2,1-4H3. The molecule has 1 saturated heterocycles. The number of likely N-dealkylation sites (N-methyl/N-ethyl adjacent to an activating group) is 1. The third kappa shape index (κ3) is 3.45. The quantitative estimate of drug-likeness (QED) is 0.700. The van der Waals surface area contributed by atoms with Gasteiger partial charge in [0.2, 0.25) is 0 Å². The molecule has 1 aromatic heterocycles. The number of esters is 1. The van der Waals surface area contributed by atoms with Gasteiger partial charge in [0.25, 0.3) is 0 Å². The number of rotatable bonds is 5. The van der Waals surface area contributed by atoms with Gasteiger partial charge >= 0.3 is 5.97 Å². The van der Waals surface area contributed by atoms with Crippen LogP contribution in [0.15, 0.2) is 48.5 Å². The fourth-order valence-corrected chi connectivity index (χ4v) is 4.79. The topological polar surface area (TPSA) is 60.9 Å². The molecule has 2 unspecified atom stereocenters. The number of carbonyl (C=O) groups excluding carboxylic acids is 1. The van der Waals surface area contributed by atoms with Gasteiger partial charge in [0, 0.05) is 30.3 Å². The summed E-state index contributed by atoms with van der Waals surface area (Å²) in [4.78, 5) is 19.1. The lowest BCUT2D eigenvalue weighted by Crippen LogP contribution is -2.42. The summed E-state index contributed by atoms with van der Waals surface area (Å²) < 4.78 is 16.7. The molecule has 30 heavy (non-hydrogen) atoms. The zero-order valence-electron chi connectivity index (χ0n) is 18.0. The minimum absolute atomic E-state index is 0.0333. The van der Waals surface area contributed by atoms with Crippen LogP contribution in [0.3, 0.4) is 0 Å². The number of likely N-dealkylation sites (tertiary alicyclic amines) is 1. The lowest BCUT2D eigenvalue weighted by molar-refractivity contribution is 0.0592. The molecule has 6 heteroatoms. The average molecular weight is 408 g/mol. The van der Waals surface area contributed by atoms with E-state index in [1.54, 1.807) is 26.6 Å². The summed E-state index contributed by atoms with van der Waals surface area (Å²) in [6.45, 7) is 2.87. The van der Waals surface area contributed by atoms with Crippen LogP contribution >= 0.6 is 0 Å². The van der Waals surface area contributed by atoms with E-state index in [1.165, 1.54) is 5.56 Å². The summed E-state index contributed by atoms with van der Waals surface area (Å²) >= 11 is 0. The molecule has 4 rings (SSSR count). The highest BCUT2D eigenvalue weighted by Crippen LogP contribution is 2.49. The first-order valence-corrected chi connectivity index (χ1v) is 10.2. The van der Waals surface area contributed by atoms with Crippen molar-refractivity contribution >= 4 is 5.97 Å². The third-order valence-corrected chi connectivity index (χ3v) is 6.55. The molecule has 0 saturated carbocycles. The van der Waals surface area contributed by atoms with Gasteiger partial charge < -0.3 is 14.2 Å². The number of hydrogen-bond acceptors (Lipinski definition) is 6. The summed E-state index contributed by atoms with van der Waals surface area (Å²) in [6, 6.07) is 8.18. The van der Waals surface area contributed by atoms with Crippen LogP contribution in [0.1, 0.15) is 40.7 Å². The molecular weight excluding hydrogens is 380 g/mol. The number of allylic oxidation sites excluding steroid dienone is 1. The summed E-state index contributed by atoms with van der Waals surface area (Å²) in [6.07, 6.45) is 8.03. The van der Waals surface area contributed by atoms with Crippen molar-refractivity contribution in [2.45, 2.75) is 37.6 Å². The van der Waals surface area contributed by atoms with E-state index in [2.05, 4.69) is 35.1 Å². The molecule has 0 spiro atoms. The van der Waals surface area contributed by atoms with Crippen LogP contribution in [0.4, 0.5) is 0 Å². The number of carbonyl (C=O) groups is 1. The largest absolute Gasteiger partial charge is 0.493 e. The van der Waals surface area contributed by atoms with Crippen molar-refractivity contribution in [1.82, 2.24) is 9.88 Å². The van der Waals surface area contributed by atoms with Crippen molar-refractivity contribution in [1.29, 1.82) is 0 Å². The summed E-state index contributed by atoms with van der Waals surface area (Å²) in [5.41, 5.74) is 2.58. The van der Waals surface area contributed by atoms with E-state index in [9.17, 15) is 4.79 Å². The Morgan fingerprint density at radius 3 is 2.70 bits per heavy atom. The van der Waals surface area contributed by atoms with Crippen LogP contribution in [0, 0.1) is 6.92 Å². The van der Waals surface area contributed by atoms with Crippen molar-refractivity contribution in [3.05, 3.63) is 65.2 Å². The van der Waals surface area contributed by atoms with E-state index >= 15 is 0 Å². The Bertz CT molecular complexity index is 987. The highest BCUT2D eigenvalue weighted by atomic mass is 16.5. The molecule has 158 valence electrons. The van der Waals surface area contributed by atoms with E-state index < -0.39 is 0 Å².